The van der Waals surface area contributed by atoms with Gasteiger partial charge < -0.3 is 10.1 Å². The van der Waals surface area contributed by atoms with E-state index in [0.29, 0.717) is 30.2 Å². The molecule has 1 amide bonds. The van der Waals surface area contributed by atoms with Gasteiger partial charge in [-0.2, -0.15) is 5.10 Å². The highest BCUT2D eigenvalue weighted by atomic mass is 16.5. The summed E-state index contributed by atoms with van der Waals surface area (Å²) in [6.07, 6.45) is 0. The number of carbonyl (C=O) groups excluding carboxylic acids is 1. The minimum absolute atomic E-state index is 0.128. The van der Waals surface area contributed by atoms with Gasteiger partial charge in [0, 0.05) is 17.8 Å². The van der Waals surface area contributed by atoms with E-state index in [1.165, 1.54) is 0 Å². The Bertz CT molecular complexity index is 928. The number of carbonyl (C=O) groups is 1. The first kappa shape index (κ1) is 19.5. The summed E-state index contributed by atoms with van der Waals surface area (Å²) in [5.41, 5.74) is 2.63. The van der Waals surface area contributed by atoms with Gasteiger partial charge in [0.25, 0.3) is 5.91 Å². The fourth-order valence-corrected chi connectivity index (χ4v) is 2.84. The van der Waals surface area contributed by atoms with Crippen LogP contribution < -0.4 is 10.1 Å². The Balaban J connectivity index is 1.50. The molecule has 1 aromatic carbocycles. The third kappa shape index (κ3) is 4.73. The molecule has 0 bridgehead atoms. The Kier molecular flexibility index (Phi) is 6.03. The minimum atomic E-state index is -0.128. The van der Waals surface area contributed by atoms with E-state index in [2.05, 4.69) is 25.9 Å². The number of rotatable bonds is 8. The van der Waals surface area contributed by atoms with Gasteiger partial charge in [0.05, 0.1) is 18.3 Å². The summed E-state index contributed by atoms with van der Waals surface area (Å²) in [4.78, 5) is 12.3. The Morgan fingerprint density at radius 2 is 1.96 bits per heavy atom. The monoisotopic (exact) mass is 383 g/mol. The van der Waals surface area contributed by atoms with E-state index >= 15 is 0 Å². The largest absolute Gasteiger partial charge is 0.486 e. The Hall–Kier alpha value is -3.23. The van der Waals surface area contributed by atoms with Crippen LogP contribution in [-0.4, -0.2) is 42.4 Å². The van der Waals surface area contributed by atoms with Gasteiger partial charge in [-0.15, -0.1) is 5.10 Å². The third-order valence-corrected chi connectivity index (χ3v) is 4.25. The number of amides is 1. The normalized spacial score (nSPS) is 11.0. The number of tetrazole rings is 1. The van der Waals surface area contributed by atoms with Crippen LogP contribution in [-0.2, 0) is 13.2 Å². The highest BCUT2D eigenvalue weighted by molar-refractivity contribution is 5.94. The Morgan fingerprint density at radius 1 is 1.21 bits per heavy atom. The number of nitrogens with zero attached hydrogens (tertiary/aromatic N) is 6. The van der Waals surface area contributed by atoms with E-state index in [0.717, 1.165) is 11.4 Å². The fraction of sp³-hybridized carbons (Fsp3) is 0.421. The molecule has 28 heavy (non-hydrogen) atoms. The van der Waals surface area contributed by atoms with Crippen molar-refractivity contribution in [1.82, 2.24) is 35.3 Å². The number of ether oxygens (including phenoxy) is 1. The number of aryl methyl sites for hydroxylation is 2. The summed E-state index contributed by atoms with van der Waals surface area (Å²) >= 11 is 0. The van der Waals surface area contributed by atoms with Gasteiger partial charge in [-0.25, -0.2) is 4.68 Å². The Labute approximate surface area is 163 Å². The zero-order chi connectivity index (χ0) is 20.1. The lowest BCUT2D eigenvalue weighted by atomic mass is 10.2. The molecule has 0 saturated heterocycles. The number of hydrogen-bond acceptors (Lipinski definition) is 6. The first-order valence-corrected chi connectivity index (χ1v) is 9.23. The van der Waals surface area contributed by atoms with Crippen molar-refractivity contribution in [1.29, 1.82) is 0 Å². The quantitative estimate of drug-likeness (QED) is 0.639. The number of aromatic nitrogens is 6. The van der Waals surface area contributed by atoms with Crippen LogP contribution >= 0.6 is 0 Å². The van der Waals surface area contributed by atoms with Gasteiger partial charge in [0.1, 0.15) is 12.4 Å². The second-order valence-corrected chi connectivity index (χ2v) is 6.85. The molecule has 0 aliphatic heterocycles. The van der Waals surface area contributed by atoms with E-state index in [9.17, 15) is 4.79 Å². The fourth-order valence-electron chi connectivity index (χ4n) is 2.84. The van der Waals surface area contributed by atoms with Crippen LogP contribution in [0.3, 0.4) is 0 Å². The van der Waals surface area contributed by atoms with Crippen molar-refractivity contribution >= 4 is 5.91 Å². The molecule has 3 rings (SSSR count). The van der Waals surface area contributed by atoms with Crippen molar-refractivity contribution in [3.8, 4) is 5.75 Å². The standard InChI is InChI=1S/C19H25N7O2/c1-13(2)26-18(21-23-24-26)12-28-17-7-5-16(6-8-17)19(27)20-9-10-25-15(4)11-14(3)22-25/h5-8,11,13H,9-10,12H2,1-4H3,(H,20,27). The van der Waals surface area contributed by atoms with Crippen LogP contribution in [0.25, 0.3) is 0 Å². The van der Waals surface area contributed by atoms with Gasteiger partial charge in [-0.1, -0.05) is 0 Å². The van der Waals surface area contributed by atoms with Gasteiger partial charge in [0.15, 0.2) is 5.82 Å². The lowest BCUT2D eigenvalue weighted by Gasteiger charge is -2.10. The van der Waals surface area contributed by atoms with Crippen molar-refractivity contribution in [2.75, 3.05) is 6.54 Å². The summed E-state index contributed by atoms with van der Waals surface area (Å²) in [6, 6.07) is 9.17. The lowest BCUT2D eigenvalue weighted by Crippen LogP contribution is -2.27. The zero-order valence-corrected chi connectivity index (χ0v) is 16.6. The van der Waals surface area contributed by atoms with Gasteiger partial charge in [0.2, 0.25) is 0 Å². The topological polar surface area (TPSA) is 99.8 Å². The second kappa shape index (κ2) is 8.64. The molecular weight excluding hydrogens is 358 g/mol. The molecule has 0 unspecified atom stereocenters. The smallest absolute Gasteiger partial charge is 0.251 e. The highest BCUT2D eigenvalue weighted by Gasteiger charge is 2.10. The molecule has 2 aromatic heterocycles. The lowest BCUT2D eigenvalue weighted by molar-refractivity contribution is 0.0951. The number of hydrogen-bond donors (Lipinski definition) is 1. The van der Waals surface area contributed by atoms with Crippen molar-refractivity contribution < 1.29 is 9.53 Å². The molecule has 0 aliphatic carbocycles. The Morgan fingerprint density at radius 3 is 2.61 bits per heavy atom. The van der Waals surface area contributed by atoms with Crippen LogP contribution in [0.15, 0.2) is 30.3 Å². The van der Waals surface area contributed by atoms with E-state index in [4.69, 9.17) is 4.74 Å². The van der Waals surface area contributed by atoms with E-state index in [1.54, 1.807) is 28.9 Å². The molecule has 0 saturated carbocycles. The molecule has 0 atom stereocenters. The molecule has 0 radical (unpaired) electrons. The maximum atomic E-state index is 12.3. The summed E-state index contributed by atoms with van der Waals surface area (Å²) in [5.74, 6) is 1.18. The van der Waals surface area contributed by atoms with Crippen molar-refractivity contribution in [2.24, 2.45) is 0 Å². The molecular formula is C19H25N7O2. The second-order valence-electron chi connectivity index (χ2n) is 6.85. The average Bonchev–Trinajstić information content (AvgIpc) is 3.26. The van der Waals surface area contributed by atoms with Crippen LogP contribution in [0.4, 0.5) is 0 Å². The summed E-state index contributed by atoms with van der Waals surface area (Å²) < 4.78 is 9.32. The SMILES string of the molecule is Cc1cc(C)n(CCNC(=O)c2ccc(OCc3nnnn3C(C)C)cc2)n1. The highest BCUT2D eigenvalue weighted by Crippen LogP contribution is 2.14. The van der Waals surface area contributed by atoms with Gasteiger partial charge in [-0.05, 0) is 68.5 Å². The zero-order valence-electron chi connectivity index (χ0n) is 16.6. The summed E-state index contributed by atoms with van der Waals surface area (Å²) in [6.45, 7) is 9.37. The minimum Gasteiger partial charge on any atom is -0.486 e. The molecule has 0 spiro atoms. The molecule has 9 heteroatoms. The van der Waals surface area contributed by atoms with E-state index in [-0.39, 0.29) is 18.6 Å². The predicted molar refractivity (Wildman–Crippen MR) is 103 cm³/mol. The molecule has 3 aromatic rings. The number of benzene rings is 1. The van der Waals surface area contributed by atoms with Crippen LogP contribution in [0.5, 0.6) is 5.75 Å². The van der Waals surface area contributed by atoms with E-state index in [1.807, 2.05) is 38.4 Å². The maximum Gasteiger partial charge on any atom is 0.251 e. The maximum absolute atomic E-state index is 12.3. The molecule has 148 valence electrons. The first-order valence-electron chi connectivity index (χ1n) is 9.23. The molecule has 2 heterocycles. The molecule has 9 nitrogen and oxygen atoms in total. The van der Waals surface area contributed by atoms with Crippen LogP contribution in [0.1, 0.15) is 47.5 Å². The van der Waals surface area contributed by atoms with Gasteiger partial charge >= 0.3 is 0 Å². The molecule has 0 fully saturated rings. The van der Waals surface area contributed by atoms with Crippen molar-refractivity contribution in [3.63, 3.8) is 0 Å². The van der Waals surface area contributed by atoms with Gasteiger partial charge in [-0.3, -0.25) is 9.48 Å². The van der Waals surface area contributed by atoms with Crippen LogP contribution in [0.2, 0.25) is 0 Å². The summed E-state index contributed by atoms with van der Waals surface area (Å²) in [5, 5.41) is 18.9. The molecule has 1 N–H and O–H groups in total. The van der Waals surface area contributed by atoms with Crippen LogP contribution in [0, 0.1) is 13.8 Å². The number of nitrogens with one attached hydrogen (secondary N) is 1. The third-order valence-electron chi connectivity index (χ3n) is 4.25. The predicted octanol–water partition coefficient (Wildman–Crippen LogP) is 2.08. The first-order chi connectivity index (χ1) is 13.4. The summed E-state index contributed by atoms with van der Waals surface area (Å²) in [7, 11) is 0. The van der Waals surface area contributed by atoms with E-state index < -0.39 is 0 Å². The molecule has 0 aliphatic rings. The average molecular weight is 383 g/mol. The van der Waals surface area contributed by atoms with Crippen molar-refractivity contribution in [3.05, 3.63) is 53.1 Å². The van der Waals surface area contributed by atoms with Crippen molar-refractivity contribution in [2.45, 2.75) is 46.9 Å².